The smallest absolute Gasteiger partial charge is 0.232 e. The van der Waals surface area contributed by atoms with Gasteiger partial charge in [-0.2, -0.15) is 0 Å². The highest BCUT2D eigenvalue weighted by Gasteiger charge is 2.29. The quantitative estimate of drug-likeness (QED) is 0.756. The normalized spacial score (nSPS) is 18.1. The lowest BCUT2D eigenvalue weighted by atomic mass is 9.96. The number of likely N-dealkylation sites (tertiary alicyclic amines) is 1. The highest BCUT2D eigenvalue weighted by molar-refractivity contribution is 9.10. The second-order valence-electron chi connectivity index (χ2n) is 6.48. The number of carbonyl (C=O) groups excluding carboxylic acids is 1. The zero-order chi connectivity index (χ0) is 17.6. The zero-order valence-electron chi connectivity index (χ0n) is 14.6. The van der Waals surface area contributed by atoms with Crippen LogP contribution in [0.5, 0.6) is 0 Å². The SMILES string of the molecule is CCN(C(=O)C1CCCN(Cc2ccccc2)C1)c1ccc(Br)cn1. The van der Waals surface area contributed by atoms with E-state index in [1.54, 1.807) is 6.20 Å². The molecule has 3 rings (SSSR count). The molecule has 0 bridgehead atoms. The Balaban J connectivity index is 1.67. The molecule has 1 aromatic carbocycles. The summed E-state index contributed by atoms with van der Waals surface area (Å²) in [6.45, 7) is 5.43. The van der Waals surface area contributed by atoms with Crippen LogP contribution in [0.25, 0.3) is 0 Å². The van der Waals surface area contributed by atoms with Crippen LogP contribution in [0, 0.1) is 5.92 Å². The van der Waals surface area contributed by atoms with Gasteiger partial charge in [-0.1, -0.05) is 30.3 Å². The summed E-state index contributed by atoms with van der Waals surface area (Å²) in [4.78, 5) is 21.7. The van der Waals surface area contributed by atoms with Gasteiger partial charge in [-0.05, 0) is 59.9 Å². The lowest BCUT2D eigenvalue weighted by Crippen LogP contribution is -2.45. The molecule has 132 valence electrons. The lowest BCUT2D eigenvalue weighted by Gasteiger charge is -2.34. The summed E-state index contributed by atoms with van der Waals surface area (Å²) >= 11 is 3.40. The third kappa shape index (κ3) is 4.67. The van der Waals surface area contributed by atoms with Crippen LogP contribution in [0.1, 0.15) is 25.3 Å². The fourth-order valence-corrected chi connectivity index (χ4v) is 3.66. The van der Waals surface area contributed by atoms with Crippen LogP contribution in [0.2, 0.25) is 0 Å². The molecule has 4 nitrogen and oxygen atoms in total. The van der Waals surface area contributed by atoms with Crippen molar-refractivity contribution in [1.29, 1.82) is 0 Å². The van der Waals surface area contributed by atoms with Gasteiger partial charge in [0.1, 0.15) is 5.82 Å². The molecule has 1 aliphatic rings. The first-order valence-corrected chi connectivity index (χ1v) is 9.66. The summed E-state index contributed by atoms with van der Waals surface area (Å²) in [6, 6.07) is 14.3. The molecule has 2 heterocycles. The molecule has 0 radical (unpaired) electrons. The molecule has 0 spiro atoms. The summed E-state index contributed by atoms with van der Waals surface area (Å²) in [7, 11) is 0. The number of hydrogen-bond acceptors (Lipinski definition) is 3. The van der Waals surface area contributed by atoms with Crippen LogP contribution in [0.15, 0.2) is 53.1 Å². The zero-order valence-corrected chi connectivity index (χ0v) is 16.2. The minimum absolute atomic E-state index is 0.0443. The molecular formula is C20H24BrN3O. The van der Waals surface area contributed by atoms with E-state index in [0.29, 0.717) is 6.54 Å². The molecule has 1 fully saturated rings. The Morgan fingerprint density at radius 1 is 1.28 bits per heavy atom. The van der Waals surface area contributed by atoms with Crippen LogP contribution in [0.3, 0.4) is 0 Å². The van der Waals surface area contributed by atoms with Gasteiger partial charge >= 0.3 is 0 Å². The predicted octanol–water partition coefficient (Wildman–Crippen LogP) is 4.11. The molecule has 0 aliphatic carbocycles. The maximum Gasteiger partial charge on any atom is 0.232 e. The molecule has 1 unspecified atom stereocenters. The van der Waals surface area contributed by atoms with Crippen molar-refractivity contribution in [3.8, 4) is 0 Å². The molecule has 1 aromatic heterocycles. The van der Waals surface area contributed by atoms with E-state index in [4.69, 9.17) is 0 Å². The highest BCUT2D eigenvalue weighted by atomic mass is 79.9. The topological polar surface area (TPSA) is 36.4 Å². The van der Waals surface area contributed by atoms with Crippen molar-refractivity contribution in [2.24, 2.45) is 5.92 Å². The molecule has 0 N–H and O–H groups in total. The lowest BCUT2D eigenvalue weighted by molar-refractivity contribution is -0.124. The summed E-state index contributed by atoms with van der Waals surface area (Å²) in [5.41, 5.74) is 1.30. The molecule has 1 amide bonds. The average Bonchev–Trinajstić information content (AvgIpc) is 2.65. The number of halogens is 1. The maximum atomic E-state index is 13.1. The maximum absolute atomic E-state index is 13.1. The standard InChI is InChI=1S/C20H24BrN3O/c1-2-24(19-11-10-18(21)13-22-19)20(25)17-9-6-12-23(15-17)14-16-7-4-3-5-8-16/h3-5,7-8,10-11,13,17H,2,6,9,12,14-15H2,1H3. The van der Waals surface area contributed by atoms with Crippen molar-refractivity contribution in [2.45, 2.75) is 26.3 Å². The minimum Gasteiger partial charge on any atom is -0.298 e. The van der Waals surface area contributed by atoms with Crippen molar-refractivity contribution in [3.63, 3.8) is 0 Å². The van der Waals surface area contributed by atoms with Crippen molar-refractivity contribution in [1.82, 2.24) is 9.88 Å². The molecule has 1 saturated heterocycles. The number of hydrogen-bond donors (Lipinski definition) is 0. The molecular weight excluding hydrogens is 378 g/mol. The Kier molecular flexibility index (Phi) is 6.21. The van der Waals surface area contributed by atoms with Crippen molar-refractivity contribution >= 4 is 27.7 Å². The molecule has 2 aromatic rings. The number of nitrogens with zero attached hydrogens (tertiary/aromatic N) is 3. The second kappa shape index (κ2) is 8.59. The fraction of sp³-hybridized carbons (Fsp3) is 0.400. The number of amides is 1. The molecule has 1 atom stereocenters. The van der Waals surface area contributed by atoms with E-state index in [0.717, 1.165) is 42.8 Å². The van der Waals surface area contributed by atoms with E-state index in [1.165, 1.54) is 5.56 Å². The van der Waals surface area contributed by atoms with Gasteiger partial charge in [-0.3, -0.25) is 14.6 Å². The Labute approximate surface area is 158 Å². The number of benzene rings is 1. The third-order valence-corrected chi connectivity index (χ3v) is 5.14. The number of aromatic nitrogens is 1. The number of rotatable bonds is 5. The Hall–Kier alpha value is -1.72. The first-order chi connectivity index (χ1) is 12.2. The van der Waals surface area contributed by atoms with Crippen LogP contribution >= 0.6 is 15.9 Å². The van der Waals surface area contributed by atoms with E-state index in [2.05, 4.69) is 50.1 Å². The van der Waals surface area contributed by atoms with Crippen LogP contribution in [-0.4, -0.2) is 35.4 Å². The largest absolute Gasteiger partial charge is 0.298 e. The number of carbonyl (C=O) groups is 1. The van der Waals surface area contributed by atoms with Crippen molar-refractivity contribution in [2.75, 3.05) is 24.5 Å². The van der Waals surface area contributed by atoms with E-state index in [1.807, 2.05) is 30.0 Å². The number of piperidine rings is 1. The van der Waals surface area contributed by atoms with Gasteiger partial charge in [0, 0.05) is 30.3 Å². The Bertz CT molecular complexity index is 690. The van der Waals surface area contributed by atoms with E-state index in [9.17, 15) is 4.79 Å². The Morgan fingerprint density at radius 3 is 2.76 bits per heavy atom. The summed E-state index contributed by atoms with van der Waals surface area (Å²) in [5, 5.41) is 0. The predicted molar refractivity (Wildman–Crippen MR) is 104 cm³/mol. The molecule has 25 heavy (non-hydrogen) atoms. The minimum atomic E-state index is 0.0443. The van der Waals surface area contributed by atoms with Crippen LogP contribution in [-0.2, 0) is 11.3 Å². The monoisotopic (exact) mass is 401 g/mol. The van der Waals surface area contributed by atoms with Crippen molar-refractivity contribution in [3.05, 3.63) is 58.7 Å². The average molecular weight is 402 g/mol. The highest BCUT2D eigenvalue weighted by Crippen LogP contribution is 2.23. The molecule has 5 heteroatoms. The second-order valence-corrected chi connectivity index (χ2v) is 7.39. The van der Waals surface area contributed by atoms with Crippen LogP contribution in [0.4, 0.5) is 5.82 Å². The summed E-state index contributed by atoms with van der Waals surface area (Å²) in [5.74, 6) is 0.967. The van der Waals surface area contributed by atoms with Crippen LogP contribution < -0.4 is 4.90 Å². The van der Waals surface area contributed by atoms with Gasteiger partial charge in [0.05, 0.1) is 5.92 Å². The fourth-order valence-electron chi connectivity index (χ4n) is 3.42. The van der Waals surface area contributed by atoms with Gasteiger partial charge in [0.2, 0.25) is 5.91 Å². The molecule has 0 saturated carbocycles. The van der Waals surface area contributed by atoms with Crippen molar-refractivity contribution < 1.29 is 4.79 Å². The summed E-state index contributed by atoms with van der Waals surface area (Å²) in [6.07, 6.45) is 3.76. The summed E-state index contributed by atoms with van der Waals surface area (Å²) < 4.78 is 0.923. The molecule has 1 aliphatic heterocycles. The first kappa shape index (κ1) is 18.1. The van der Waals surface area contributed by atoms with Gasteiger partial charge in [-0.15, -0.1) is 0 Å². The van der Waals surface area contributed by atoms with Gasteiger partial charge in [0.25, 0.3) is 0 Å². The third-order valence-electron chi connectivity index (χ3n) is 4.67. The van der Waals surface area contributed by atoms with E-state index in [-0.39, 0.29) is 11.8 Å². The van der Waals surface area contributed by atoms with Gasteiger partial charge < -0.3 is 0 Å². The van der Waals surface area contributed by atoms with E-state index < -0.39 is 0 Å². The van der Waals surface area contributed by atoms with Gasteiger partial charge in [0.15, 0.2) is 0 Å². The number of pyridine rings is 1. The van der Waals surface area contributed by atoms with E-state index >= 15 is 0 Å². The number of anilines is 1. The first-order valence-electron chi connectivity index (χ1n) is 8.86. The van der Waals surface area contributed by atoms with Gasteiger partial charge in [-0.25, -0.2) is 4.98 Å². The Morgan fingerprint density at radius 2 is 2.08 bits per heavy atom.